The summed E-state index contributed by atoms with van der Waals surface area (Å²) < 4.78 is 11.4. The van der Waals surface area contributed by atoms with Crippen LogP contribution in [-0.2, 0) is 15.9 Å². The van der Waals surface area contributed by atoms with Gasteiger partial charge in [0.2, 0.25) is 5.79 Å². The molecule has 5 rings (SSSR count). The van der Waals surface area contributed by atoms with Crippen LogP contribution in [0.5, 0.6) is 0 Å². The van der Waals surface area contributed by atoms with E-state index in [4.69, 9.17) is 9.47 Å². The molecule has 8 heteroatoms. The first-order valence-corrected chi connectivity index (χ1v) is 10.4. The first kappa shape index (κ1) is 20.1. The topological polar surface area (TPSA) is 118 Å². The van der Waals surface area contributed by atoms with Gasteiger partial charge in [-0.05, 0) is 36.2 Å². The van der Waals surface area contributed by atoms with Gasteiger partial charge in [0.1, 0.15) is 24.9 Å². The highest BCUT2D eigenvalue weighted by Crippen LogP contribution is 2.42. The van der Waals surface area contributed by atoms with E-state index in [9.17, 15) is 20.4 Å². The lowest BCUT2D eigenvalue weighted by molar-refractivity contribution is -0.272. The van der Waals surface area contributed by atoms with Crippen molar-refractivity contribution in [3.63, 3.8) is 0 Å². The average molecular weight is 416 g/mol. The van der Waals surface area contributed by atoms with Crippen LogP contribution >= 0.6 is 0 Å². The van der Waals surface area contributed by atoms with Crippen LogP contribution in [0.4, 0.5) is 0 Å². The Kier molecular flexibility index (Phi) is 4.98. The number of likely N-dealkylation sites (N-methyl/N-ethyl adjacent to an activating group) is 1. The molecule has 6 atom stereocenters. The molecule has 0 bridgehead atoms. The van der Waals surface area contributed by atoms with Gasteiger partial charge in [-0.25, -0.2) is 0 Å². The highest BCUT2D eigenvalue weighted by molar-refractivity contribution is 5.88. The molecule has 0 radical (unpaired) electrons. The second kappa shape index (κ2) is 7.42. The molecule has 0 spiro atoms. The quantitative estimate of drug-likeness (QED) is 0.431. The maximum absolute atomic E-state index is 10.4. The molecular formula is C22H28N2O6. The first-order valence-electron chi connectivity index (χ1n) is 10.4. The van der Waals surface area contributed by atoms with E-state index in [1.807, 2.05) is 0 Å². The molecule has 1 aromatic carbocycles. The average Bonchev–Trinajstić information content (AvgIpc) is 3.28. The summed E-state index contributed by atoms with van der Waals surface area (Å²) in [6, 6.07) is 6.68. The molecule has 6 unspecified atom stereocenters. The number of hydrogen-bond acceptors (Lipinski definition) is 7. The number of aromatic nitrogens is 1. The predicted octanol–water partition coefficient (Wildman–Crippen LogP) is -0.134. The molecule has 1 aliphatic carbocycles. The number of aromatic amines is 1. The number of fused-ring (bicyclic) bond motifs is 2. The van der Waals surface area contributed by atoms with E-state index in [2.05, 4.69) is 47.4 Å². The van der Waals surface area contributed by atoms with Crippen LogP contribution in [0.25, 0.3) is 10.9 Å². The van der Waals surface area contributed by atoms with Crippen molar-refractivity contribution in [1.82, 2.24) is 9.88 Å². The zero-order chi connectivity index (χ0) is 21.0. The second-order valence-corrected chi connectivity index (χ2v) is 8.65. The number of nitrogens with zero attached hydrogens (tertiary/aromatic N) is 1. The van der Waals surface area contributed by atoms with E-state index in [0.29, 0.717) is 12.6 Å². The highest BCUT2D eigenvalue weighted by Gasteiger charge is 2.55. The van der Waals surface area contributed by atoms with Crippen LogP contribution in [0.3, 0.4) is 0 Å². The molecule has 0 saturated carbocycles. The minimum atomic E-state index is -1.75. The lowest BCUT2D eigenvalue weighted by Crippen LogP contribution is -2.50. The zero-order valence-electron chi connectivity index (χ0n) is 16.9. The molecule has 3 heterocycles. The van der Waals surface area contributed by atoms with Crippen LogP contribution in [0.1, 0.15) is 17.0 Å². The molecule has 0 amide bonds. The largest absolute Gasteiger partial charge is 0.394 e. The minimum absolute atomic E-state index is 0.145. The molecule has 1 saturated heterocycles. The Balaban J connectivity index is 1.41. The van der Waals surface area contributed by atoms with Crippen molar-refractivity contribution in [2.75, 3.05) is 33.4 Å². The maximum atomic E-state index is 10.4. The van der Waals surface area contributed by atoms with E-state index < -0.39 is 37.3 Å². The fraction of sp³-hybridized carbons (Fsp3) is 0.545. The molecule has 1 fully saturated rings. The molecule has 5 N–H and O–H groups in total. The number of aliphatic hydroxyl groups excluding tert-OH is 4. The second-order valence-electron chi connectivity index (χ2n) is 8.65. The van der Waals surface area contributed by atoms with Crippen molar-refractivity contribution in [3.8, 4) is 0 Å². The Hall–Kier alpha value is -1.78. The third kappa shape index (κ3) is 2.95. The molecule has 2 aromatic rings. The molecule has 2 aliphatic heterocycles. The van der Waals surface area contributed by atoms with Gasteiger partial charge >= 0.3 is 0 Å². The number of nitrogens with one attached hydrogen (secondary N) is 1. The summed E-state index contributed by atoms with van der Waals surface area (Å²) >= 11 is 0. The van der Waals surface area contributed by atoms with E-state index in [-0.39, 0.29) is 12.5 Å². The summed E-state index contributed by atoms with van der Waals surface area (Å²) in [6.07, 6.45) is 1.53. The van der Waals surface area contributed by atoms with Gasteiger partial charge in [-0.2, -0.15) is 0 Å². The fourth-order valence-electron chi connectivity index (χ4n) is 5.27. The zero-order valence-corrected chi connectivity index (χ0v) is 16.9. The van der Waals surface area contributed by atoms with E-state index in [1.165, 1.54) is 16.5 Å². The molecular weight excluding hydrogens is 388 g/mol. The number of ether oxygens (including phenoxy) is 2. The Labute approximate surface area is 174 Å². The van der Waals surface area contributed by atoms with Gasteiger partial charge in [0.05, 0.1) is 13.2 Å². The summed E-state index contributed by atoms with van der Waals surface area (Å²) in [6.45, 7) is -0.253. The van der Waals surface area contributed by atoms with Gasteiger partial charge in [0.25, 0.3) is 0 Å². The Morgan fingerprint density at radius 3 is 2.87 bits per heavy atom. The number of hydrogen-bond donors (Lipinski definition) is 5. The van der Waals surface area contributed by atoms with Crippen LogP contribution in [0.15, 0.2) is 36.0 Å². The SMILES string of the molecule is CN1CC(COC2(CO)OC(CO)C(O)C2O)=CC2c3cccc4[nH]cc(c34)CC21. The van der Waals surface area contributed by atoms with Crippen molar-refractivity contribution < 1.29 is 29.9 Å². The molecule has 1 aromatic heterocycles. The summed E-state index contributed by atoms with van der Waals surface area (Å²) in [5.41, 5.74) is 4.79. The van der Waals surface area contributed by atoms with Crippen molar-refractivity contribution in [1.29, 1.82) is 0 Å². The van der Waals surface area contributed by atoms with E-state index in [0.717, 1.165) is 17.5 Å². The predicted molar refractivity (Wildman–Crippen MR) is 109 cm³/mol. The van der Waals surface area contributed by atoms with Crippen molar-refractivity contribution >= 4 is 10.9 Å². The fourth-order valence-corrected chi connectivity index (χ4v) is 5.27. The number of benzene rings is 1. The third-order valence-electron chi connectivity index (χ3n) is 6.86. The van der Waals surface area contributed by atoms with Gasteiger partial charge in [-0.3, -0.25) is 4.90 Å². The molecule has 3 aliphatic rings. The van der Waals surface area contributed by atoms with Gasteiger partial charge in [-0.15, -0.1) is 0 Å². The number of rotatable bonds is 5. The van der Waals surface area contributed by atoms with E-state index in [1.54, 1.807) is 0 Å². The normalized spacial score (nSPS) is 36.2. The minimum Gasteiger partial charge on any atom is -0.394 e. The molecule has 30 heavy (non-hydrogen) atoms. The summed E-state index contributed by atoms with van der Waals surface area (Å²) in [7, 11) is 2.09. The summed E-state index contributed by atoms with van der Waals surface area (Å²) in [4.78, 5) is 5.68. The van der Waals surface area contributed by atoms with E-state index >= 15 is 0 Å². The standard InChI is InChI=1S/C22H28N2O6/c1-24-8-12(10-29-22(11-26)21(28)20(27)18(9-25)30-22)5-15-14-3-2-4-16-19(14)13(7-23-16)6-17(15)24/h2-5,7,15,17-18,20-21,23,25-28H,6,8-11H2,1H3. The van der Waals surface area contributed by atoms with Gasteiger partial charge in [0, 0.05) is 35.6 Å². The number of H-pyrrole nitrogens is 1. The highest BCUT2D eigenvalue weighted by atomic mass is 16.7. The summed E-state index contributed by atoms with van der Waals surface area (Å²) in [5.74, 6) is -1.53. The maximum Gasteiger partial charge on any atom is 0.221 e. The lowest BCUT2D eigenvalue weighted by Gasteiger charge is -2.41. The number of aliphatic hydroxyl groups is 4. The smallest absolute Gasteiger partial charge is 0.221 e. The van der Waals surface area contributed by atoms with Gasteiger partial charge in [-0.1, -0.05) is 18.2 Å². The van der Waals surface area contributed by atoms with Crippen molar-refractivity contribution in [3.05, 3.63) is 47.2 Å². The molecule has 162 valence electrons. The van der Waals surface area contributed by atoms with Gasteiger partial charge < -0.3 is 34.9 Å². The lowest BCUT2D eigenvalue weighted by atomic mass is 9.77. The Morgan fingerprint density at radius 1 is 1.30 bits per heavy atom. The Morgan fingerprint density at radius 2 is 2.13 bits per heavy atom. The van der Waals surface area contributed by atoms with Crippen LogP contribution in [0.2, 0.25) is 0 Å². The van der Waals surface area contributed by atoms with Gasteiger partial charge in [0.15, 0.2) is 0 Å². The monoisotopic (exact) mass is 416 g/mol. The van der Waals surface area contributed by atoms with Crippen molar-refractivity contribution in [2.45, 2.75) is 42.5 Å². The molecule has 8 nitrogen and oxygen atoms in total. The van der Waals surface area contributed by atoms with Crippen LogP contribution < -0.4 is 0 Å². The van der Waals surface area contributed by atoms with Crippen LogP contribution in [0, 0.1) is 0 Å². The third-order valence-corrected chi connectivity index (χ3v) is 6.86. The van der Waals surface area contributed by atoms with Crippen LogP contribution in [-0.4, -0.2) is 93.9 Å². The Bertz CT molecular complexity index is 974. The first-order chi connectivity index (χ1) is 14.5. The summed E-state index contributed by atoms with van der Waals surface area (Å²) in [5, 5.41) is 40.9. The van der Waals surface area contributed by atoms with Crippen molar-refractivity contribution in [2.24, 2.45) is 0 Å².